The van der Waals surface area contributed by atoms with Crippen molar-refractivity contribution in [2.24, 2.45) is 0 Å². The van der Waals surface area contributed by atoms with Crippen LogP contribution in [0, 0.1) is 25.2 Å². The number of aryl methyl sites for hydroxylation is 1. The molecule has 0 saturated heterocycles. The van der Waals surface area contributed by atoms with Crippen LogP contribution in [-0.2, 0) is 6.42 Å². The standard InChI is InChI=1S/C19H21N3O3S/c1-10-11(2)26-19(13(10)8-20)21-18-15-12(5-6-22(18)3)7-14-16(17(15)23-4)25-9-24-14/h7,18,21H,5-6,9H2,1-4H3. The van der Waals surface area contributed by atoms with Crippen LogP contribution in [0.5, 0.6) is 17.2 Å². The number of ether oxygens (including phenoxy) is 3. The van der Waals surface area contributed by atoms with Crippen molar-refractivity contribution in [3.05, 3.63) is 33.2 Å². The highest BCUT2D eigenvalue weighted by molar-refractivity contribution is 7.16. The van der Waals surface area contributed by atoms with Gasteiger partial charge in [0.2, 0.25) is 12.5 Å². The number of rotatable bonds is 3. The van der Waals surface area contributed by atoms with E-state index in [9.17, 15) is 5.26 Å². The summed E-state index contributed by atoms with van der Waals surface area (Å²) in [7, 11) is 3.73. The average Bonchev–Trinajstić information content (AvgIpc) is 3.20. The van der Waals surface area contributed by atoms with Gasteiger partial charge in [0.05, 0.1) is 12.7 Å². The third-order valence-electron chi connectivity index (χ3n) is 5.16. The SMILES string of the molecule is COc1c2c(cc3c1C(Nc1sc(C)c(C)c1C#N)N(C)CC3)OCO2. The molecule has 1 aromatic carbocycles. The van der Waals surface area contributed by atoms with Gasteiger partial charge in [-0.15, -0.1) is 11.3 Å². The topological polar surface area (TPSA) is 66.8 Å². The molecule has 4 rings (SSSR count). The molecular formula is C19H21N3O3S. The molecule has 6 nitrogen and oxygen atoms in total. The van der Waals surface area contributed by atoms with Gasteiger partial charge in [-0.1, -0.05) is 0 Å². The van der Waals surface area contributed by atoms with Crippen LogP contribution in [-0.4, -0.2) is 32.4 Å². The molecule has 3 heterocycles. The molecule has 7 heteroatoms. The molecule has 0 spiro atoms. The van der Waals surface area contributed by atoms with Crippen molar-refractivity contribution in [3.63, 3.8) is 0 Å². The molecule has 1 unspecified atom stereocenters. The number of hydrogen-bond donors (Lipinski definition) is 1. The zero-order valence-corrected chi connectivity index (χ0v) is 16.1. The molecule has 1 atom stereocenters. The van der Waals surface area contributed by atoms with Crippen LogP contribution >= 0.6 is 11.3 Å². The summed E-state index contributed by atoms with van der Waals surface area (Å²) in [4.78, 5) is 3.39. The fraction of sp³-hybridized carbons (Fsp3) is 0.421. The number of hydrogen-bond acceptors (Lipinski definition) is 7. The number of nitriles is 1. The first kappa shape index (κ1) is 17.0. The molecule has 0 aliphatic carbocycles. The summed E-state index contributed by atoms with van der Waals surface area (Å²) in [6.07, 6.45) is 0.803. The minimum atomic E-state index is -0.104. The Bertz CT molecular complexity index is 916. The maximum absolute atomic E-state index is 9.57. The normalized spacial score (nSPS) is 18.3. The molecule has 26 heavy (non-hydrogen) atoms. The van der Waals surface area contributed by atoms with Gasteiger partial charge in [-0.25, -0.2) is 0 Å². The number of nitrogens with zero attached hydrogens (tertiary/aromatic N) is 2. The zero-order chi connectivity index (χ0) is 18.4. The lowest BCUT2D eigenvalue weighted by Gasteiger charge is -2.36. The molecule has 2 aliphatic heterocycles. The second-order valence-electron chi connectivity index (χ2n) is 6.59. The highest BCUT2D eigenvalue weighted by Gasteiger charge is 2.34. The van der Waals surface area contributed by atoms with Crippen LogP contribution in [0.2, 0.25) is 0 Å². The molecule has 0 saturated carbocycles. The quantitative estimate of drug-likeness (QED) is 0.890. The second kappa shape index (κ2) is 6.38. The molecule has 2 aliphatic rings. The van der Waals surface area contributed by atoms with Crippen molar-refractivity contribution in [2.45, 2.75) is 26.4 Å². The van der Waals surface area contributed by atoms with Gasteiger partial charge < -0.3 is 19.5 Å². The summed E-state index contributed by atoms with van der Waals surface area (Å²) in [6.45, 7) is 5.15. The summed E-state index contributed by atoms with van der Waals surface area (Å²) < 4.78 is 16.9. The largest absolute Gasteiger partial charge is 0.492 e. The Balaban J connectivity index is 1.82. The van der Waals surface area contributed by atoms with Crippen molar-refractivity contribution in [1.82, 2.24) is 4.90 Å². The Morgan fingerprint density at radius 2 is 2.19 bits per heavy atom. The molecule has 136 valence electrons. The first-order chi connectivity index (χ1) is 12.5. The third-order valence-corrected chi connectivity index (χ3v) is 6.30. The monoisotopic (exact) mass is 371 g/mol. The predicted molar refractivity (Wildman–Crippen MR) is 100 cm³/mol. The summed E-state index contributed by atoms with van der Waals surface area (Å²) in [5.74, 6) is 2.11. The van der Waals surface area contributed by atoms with Gasteiger partial charge in [0.25, 0.3) is 0 Å². The molecule has 0 radical (unpaired) electrons. The molecule has 0 bridgehead atoms. The van der Waals surface area contributed by atoms with Gasteiger partial charge >= 0.3 is 0 Å². The number of nitrogens with one attached hydrogen (secondary N) is 1. The van der Waals surface area contributed by atoms with Gasteiger partial charge in [0.15, 0.2) is 11.5 Å². The van der Waals surface area contributed by atoms with E-state index in [1.54, 1.807) is 18.4 Å². The summed E-state index contributed by atoms with van der Waals surface area (Å²) in [5, 5.41) is 14.0. The van der Waals surface area contributed by atoms with Crippen LogP contribution in [0.4, 0.5) is 5.00 Å². The van der Waals surface area contributed by atoms with Gasteiger partial charge in [-0.05, 0) is 44.5 Å². The average molecular weight is 371 g/mol. The van der Waals surface area contributed by atoms with Gasteiger partial charge in [0.1, 0.15) is 17.2 Å². The number of methoxy groups -OCH3 is 1. The molecule has 2 aromatic rings. The van der Waals surface area contributed by atoms with E-state index in [0.717, 1.165) is 39.7 Å². The number of fused-ring (bicyclic) bond motifs is 2. The summed E-state index contributed by atoms with van der Waals surface area (Å²) in [6, 6.07) is 4.39. The number of thiophene rings is 1. The lowest BCUT2D eigenvalue weighted by atomic mass is 9.95. The number of anilines is 1. The highest BCUT2D eigenvalue weighted by atomic mass is 32.1. The Morgan fingerprint density at radius 3 is 2.92 bits per heavy atom. The Kier molecular flexibility index (Phi) is 4.17. The highest BCUT2D eigenvalue weighted by Crippen LogP contribution is 2.50. The Morgan fingerprint density at radius 1 is 1.38 bits per heavy atom. The van der Waals surface area contributed by atoms with Crippen LogP contribution < -0.4 is 19.5 Å². The third kappa shape index (κ3) is 2.49. The van der Waals surface area contributed by atoms with Gasteiger partial charge in [-0.2, -0.15) is 5.26 Å². The first-order valence-electron chi connectivity index (χ1n) is 8.51. The lowest BCUT2D eigenvalue weighted by Crippen LogP contribution is -2.37. The minimum absolute atomic E-state index is 0.104. The van der Waals surface area contributed by atoms with E-state index in [4.69, 9.17) is 14.2 Å². The molecule has 0 fully saturated rings. The van der Waals surface area contributed by atoms with Crippen LogP contribution in [0.15, 0.2) is 6.07 Å². The molecule has 1 N–H and O–H groups in total. The summed E-state index contributed by atoms with van der Waals surface area (Å²) in [5.41, 5.74) is 3.99. The van der Waals surface area contributed by atoms with Crippen molar-refractivity contribution >= 4 is 16.3 Å². The van der Waals surface area contributed by atoms with Gasteiger partial charge in [0, 0.05) is 17.0 Å². The van der Waals surface area contributed by atoms with E-state index in [1.807, 2.05) is 13.8 Å². The zero-order valence-electron chi connectivity index (χ0n) is 15.3. The summed E-state index contributed by atoms with van der Waals surface area (Å²) >= 11 is 1.62. The van der Waals surface area contributed by atoms with E-state index >= 15 is 0 Å². The molecular weight excluding hydrogens is 350 g/mol. The van der Waals surface area contributed by atoms with Crippen molar-refractivity contribution < 1.29 is 14.2 Å². The van der Waals surface area contributed by atoms with Gasteiger partial charge in [-0.3, -0.25) is 4.90 Å². The van der Waals surface area contributed by atoms with Crippen LogP contribution in [0.25, 0.3) is 0 Å². The fourth-order valence-corrected chi connectivity index (χ4v) is 4.64. The lowest BCUT2D eigenvalue weighted by molar-refractivity contribution is 0.170. The first-order valence-corrected chi connectivity index (χ1v) is 9.33. The van der Waals surface area contributed by atoms with E-state index in [0.29, 0.717) is 17.1 Å². The second-order valence-corrected chi connectivity index (χ2v) is 7.82. The maximum Gasteiger partial charge on any atom is 0.231 e. The van der Waals surface area contributed by atoms with Crippen molar-refractivity contribution in [2.75, 3.05) is 32.8 Å². The molecule has 0 amide bonds. The fourth-order valence-electron chi connectivity index (χ4n) is 3.60. The van der Waals surface area contributed by atoms with Crippen molar-refractivity contribution in [1.29, 1.82) is 5.26 Å². The maximum atomic E-state index is 9.57. The van der Waals surface area contributed by atoms with E-state index in [1.165, 1.54) is 5.56 Å². The van der Waals surface area contributed by atoms with E-state index < -0.39 is 0 Å². The van der Waals surface area contributed by atoms with E-state index in [2.05, 4.69) is 29.4 Å². The van der Waals surface area contributed by atoms with Crippen LogP contribution in [0.1, 0.15) is 33.3 Å². The minimum Gasteiger partial charge on any atom is -0.492 e. The number of likely N-dealkylation sites (N-methyl/N-ethyl adjacent to an activating group) is 1. The number of benzene rings is 1. The van der Waals surface area contributed by atoms with Crippen LogP contribution in [0.3, 0.4) is 0 Å². The molecule has 1 aromatic heterocycles. The predicted octanol–water partition coefficient (Wildman–Crippen LogP) is 3.57. The Hall–Kier alpha value is -2.43. The smallest absolute Gasteiger partial charge is 0.231 e. The Labute approximate surface area is 156 Å². The van der Waals surface area contributed by atoms with E-state index in [-0.39, 0.29) is 13.0 Å². The van der Waals surface area contributed by atoms with Crippen molar-refractivity contribution in [3.8, 4) is 23.3 Å².